The lowest BCUT2D eigenvalue weighted by atomic mass is 9.84. The number of carbonyl (C=O) groups excluding carboxylic acids is 3. The van der Waals surface area contributed by atoms with Crippen LogP contribution in [0.3, 0.4) is 0 Å². The molecule has 3 aliphatic heterocycles. The number of carbonyl (C=O) groups is 3. The van der Waals surface area contributed by atoms with Crippen LogP contribution in [0.2, 0.25) is 0 Å². The Hall–Kier alpha value is -3.48. The molecule has 2 aromatic rings. The monoisotopic (exact) mass is 392 g/mol. The number of nitrogens with zero attached hydrogens (tertiary/aromatic N) is 2. The highest BCUT2D eigenvalue weighted by molar-refractivity contribution is 6.23. The molecule has 2 aromatic carbocycles. The molecule has 0 bridgehead atoms. The van der Waals surface area contributed by atoms with E-state index in [1.807, 2.05) is 30.3 Å². The number of methoxy groups -OCH3 is 1. The quantitative estimate of drug-likeness (QED) is 0.580. The first-order valence-electron chi connectivity index (χ1n) is 9.28. The highest BCUT2D eigenvalue weighted by Gasteiger charge is 2.65. The van der Waals surface area contributed by atoms with Crippen molar-refractivity contribution in [2.75, 3.05) is 12.0 Å². The van der Waals surface area contributed by atoms with Crippen molar-refractivity contribution in [1.82, 2.24) is 4.90 Å². The van der Waals surface area contributed by atoms with Crippen LogP contribution in [0, 0.1) is 17.7 Å². The van der Waals surface area contributed by atoms with E-state index in [4.69, 9.17) is 4.74 Å². The zero-order valence-electron chi connectivity index (χ0n) is 15.5. The summed E-state index contributed by atoms with van der Waals surface area (Å²) < 4.78 is 18.3. The third-order valence-electron chi connectivity index (χ3n) is 5.99. The van der Waals surface area contributed by atoms with E-state index >= 15 is 0 Å². The average Bonchev–Trinajstić information content (AvgIpc) is 3.21. The summed E-state index contributed by atoms with van der Waals surface area (Å²) in [4.78, 5) is 42.2. The van der Waals surface area contributed by atoms with Gasteiger partial charge < -0.3 is 9.64 Å². The number of hydrogen-bond donors (Lipinski definition) is 0. The molecule has 4 atom stereocenters. The second kappa shape index (κ2) is 6.27. The Kier molecular flexibility index (Phi) is 3.81. The Morgan fingerprint density at radius 2 is 1.69 bits per heavy atom. The summed E-state index contributed by atoms with van der Waals surface area (Å²) in [5, 5.41) is 0. The second-order valence-corrected chi connectivity index (χ2v) is 7.34. The van der Waals surface area contributed by atoms with Crippen LogP contribution in [0.1, 0.15) is 17.2 Å². The van der Waals surface area contributed by atoms with Gasteiger partial charge in [0, 0.05) is 6.20 Å². The van der Waals surface area contributed by atoms with Crippen molar-refractivity contribution in [1.29, 1.82) is 0 Å². The molecule has 146 valence electrons. The van der Waals surface area contributed by atoms with Gasteiger partial charge in [0.15, 0.2) is 0 Å². The van der Waals surface area contributed by atoms with Crippen LogP contribution in [0.5, 0.6) is 0 Å². The Balaban J connectivity index is 1.65. The number of benzene rings is 2. The molecule has 0 radical (unpaired) electrons. The van der Waals surface area contributed by atoms with E-state index in [9.17, 15) is 18.8 Å². The van der Waals surface area contributed by atoms with Crippen molar-refractivity contribution in [3.8, 4) is 0 Å². The van der Waals surface area contributed by atoms with Crippen molar-refractivity contribution >= 4 is 29.5 Å². The Morgan fingerprint density at radius 1 is 1.00 bits per heavy atom. The SMILES string of the molecule is COC(=O)[C@@H]1[C@H]2C(=O)N(c3ccc(F)cc3)C(=O)[C@@H]2[C@H]2c3ccccc3C=CN12. The van der Waals surface area contributed by atoms with Crippen molar-refractivity contribution in [2.45, 2.75) is 12.1 Å². The average molecular weight is 392 g/mol. The molecule has 29 heavy (non-hydrogen) atoms. The number of hydrogen-bond acceptors (Lipinski definition) is 5. The van der Waals surface area contributed by atoms with Crippen molar-refractivity contribution < 1.29 is 23.5 Å². The predicted molar refractivity (Wildman–Crippen MR) is 102 cm³/mol. The fraction of sp³-hybridized carbons (Fsp3) is 0.227. The molecule has 2 saturated heterocycles. The van der Waals surface area contributed by atoms with Crippen LogP contribution in [0.25, 0.3) is 6.08 Å². The summed E-state index contributed by atoms with van der Waals surface area (Å²) in [7, 11) is 1.27. The Bertz CT molecular complexity index is 1060. The van der Waals surface area contributed by atoms with Crippen molar-refractivity contribution in [3.63, 3.8) is 0 Å². The lowest BCUT2D eigenvalue weighted by Crippen LogP contribution is -2.44. The summed E-state index contributed by atoms with van der Waals surface area (Å²) in [5.41, 5.74) is 2.13. The molecule has 0 unspecified atom stereocenters. The Morgan fingerprint density at radius 3 is 2.41 bits per heavy atom. The van der Waals surface area contributed by atoms with Crippen LogP contribution in [0.15, 0.2) is 54.7 Å². The van der Waals surface area contributed by atoms with Gasteiger partial charge in [-0.15, -0.1) is 0 Å². The molecular formula is C22H17FN2O4. The van der Waals surface area contributed by atoms with Gasteiger partial charge in [0.2, 0.25) is 11.8 Å². The molecule has 0 spiro atoms. The maximum atomic E-state index is 13.4. The van der Waals surface area contributed by atoms with E-state index in [-0.39, 0.29) is 0 Å². The van der Waals surface area contributed by atoms with Gasteiger partial charge in [-0.3, -0.25) is 9.59 Å². The topological polar surface area (TPSA) is 66.9 Å². The third kappa shape index (κ3) is 2.36. The third-order valence-corrected chi connectivity index (χ3v) is 5.99. The molecular weight excluding hydrogens is 375 g/mol. The van der Waals surface area contributed by atoms with E-state index in [0.29, 0.717) is 5.69 Å². The summed E-state index contributed by atoms with van der Waals surface area (Å²) in [6, 6.07) is 11.4. The molecule has 3 heterocycles. The summed E-state index contributed by atoms with van der Waals surface area (Å²) in [6.45, 7) is 0. The predicted octanol–water partition coefficient (Wildman–Crippen LogP) is 2.51. The fourth-order valence-corrected chi connectivity index (χ4v) is 4.79. The molecule has 0 saturated carbocycles. The van der Waals surface area contributed by atoms with Gasteiger partial charge in [-0.25, -0.2) is 14.1 Å². The lowest BCUT2D eigenvalue weighted by Gasteiger charge is -2.34. The lowest BCUT2D eigenvalue weighted by molar-refractivity contribution is -0.148. The molecule has 5 rings (SSSR count). The molecule has 2 fully saturated rings. The first-order valence-corrected chi connectivity index (χ1v) is 9.28. The van der Waals surface area contributed by atoms with Gasteiger partial charge in [0.05, 0.1) is 30.7 Å². The van der Waals surface area contributed by atoms with Crippen LogP contribution in [0.4, 0.5) is 10.1 Å². The molecule has 7 heteroatoms. The number of imide groups is 1. The summed E-state index contributed by atoms with van der Waals surface area (Å²) >= 11 is 0. The zero-order valence-corrected chi connectivity index (χ0v) is 15.5. The van der Waals surface area contributed by atoms with Gasteiger partial charge in [-0.1, -0.05) is 24.3 Å². The Labute approximate surface area is 166 Å². The maximum Gasteiger partial charge on any atom is 0.329 e. The largest absolute Gasteiger partial charge is 0.467 e. The smallest absolute Gasteiger partial charge is 0.329 e. The first kappa shape index (κ1) is 17.6. The first-order chi connectivity index (χ1) is 14.0. The van der Waals surface area contributed by atoms with Gasteiger partial charge in [-0.2, -0.15) is 0 Å². The number of halogens is 1. The molecule has 0 N–H and O–H groups in total. The molecule has 6 nitrogen and oxygen atoms in total. The number of esters is 1. The number of fused-ring (bicyclic) bond motifs is 5. The summed E-state index contributed by atoms with van der Waals surface area (Å²) in [5.74, 6) is -3.49. The van der Waals surface area contributed by atoms with Gasteiger partial charge >= 0.3 is 5.97 Å². The molecule has 3 aliphatic rings. The molecule has 0 aliphatic carbocycles. The normalized spacial score (nSPS) is 27.0. The number of anilines is 1. The van der Waals surface area contributed by atoms with Crippen molar-refractivity contribution in [2.24, 2.45) is 11.8 Å². The minimum absolute atomic E-state index is 0.297. The minimum Gasteiger partial charge on any atom is -0.467 e. The highest BCUT2D eigenvalue weighted by Crippen LogP contribution is 2.53. The zero-order chi connectivity index (χ0) is 20.3. The van der Waals surface area contributed by atoms with E-state index in [1.54, 1.807) is 11.1 Å². The summed E-state index contributed by atoms with van der Waals surface area (Å²) in [6.07, 6.45) is 3.63. The second-order valence-electron chi connectivity index (χ2n) is 7.34. The number of ether oxygens (including phenoxy) is 1. The molecule has 0 aromatic heterocycles. The molecule has 2 amide bonds. The van der Waals surface area contributed by atoms with Gasteiger partial charge in [0.25, 0.3) is 0 Å². The van der Waals surface area contributed by atoms with Crippen LogP contribution in [-0.2, 0) is 19.1 Å². The number of amides is 2. The van der Waals surface area contributed by atoms with Gasteiger partial charge in [0.1, 0.15) is 11.9 Å². The maximum absolute atomic E-state index is 13.4. The highest BCUT2D eigenvalue weighted by atomic mass is 19.1. The van der Waals surface area contributed by atoms with E-state index in [1.165, 1.54) is 31.4 Å². The minimum atomic E-state index is -0.901. The standard InChI is InChI=1S/C22H17FN2O4/c1-29-22(28)19-17-16(18-15-5-3-2-4-12(15)10-11-24(18)19)20(26)25(21(17)27)14-8-6-13(23)7-9-14/h2-11,16-19H,1H3/t16-,17-,18+,19-/m0/s1. The van der Waals surface area contributed by atoms with E-state index < -0.39 is 47.5 Å². The fourth-order valence-electron chi connectivity index (χ4n) is 4.79. The van der Waals surface area contributed by atoms with Crippen LogP contribution in [-0.4, -0.2) is 35.8 Å². The van der Waals surface area contributed by atoms with Crippen LogP contribution >= 0.6 is 0 Å². The van der Waals surface area contributed by atoms with Crippen molar-refractivity contribution in [3.05, 3.63) is 71.7 Å². The van der Waals surface area contributed by atoms with Crippen LogP contribution < -0.4 is 4.90 Å². The van der Waals surface area contributed by atoms with E-state index in [2.05, 4.69) is 0 Å². The number of rotatable bonds is 2. The van der Waals surface area contributed by atoms with E-state index in [0.717, 1.165) is 16.0 Å². The van der Waals surface area contributed by atoms with Gasteiger partial charge in [-0.05, 0) is 41.5 Å².